The highest BCUT2D eigenvalue weighted by Gasteiger charge is 2.33. The number of esters is 1. The van der Waals surface area contributed by atoms with Crippen molar-refractivity contribution < 1.29 is 41.8 Å². The Balaban J connectivity index is 1.48. The minimum absolute atomic E-state index is 0.0940. The number of hydrogen-bond donors (Lipinski definition) is 1. The van der Waals surface area contributed by atoms with Crippen molar-refractivity contribution in [2.75, 3.05) is 32.1 Å². The second-order valence-electron chi connectivity index (χ2n) is 6.96. The predicted octanol–water partition coefficient (Wildman–Crippen LogP) is 3.14. The Hall–Kier alpha value is -3.47. The lowest BCUT2D eigenvalue weighted by molar-refractivity contribution is -0.159. The Labute approximate surface area is 191 Å². The van der Waals surface area contributed by atoms with Crippen molar-refractivity contribution in [3.63, 3.8) is 0 Å². The van der Waals surface area contributed by atoms with Crippen LogP contribution < -0.4 is 14.8 Å². The van der Waals surface area contributed by atoms with Gasteiger partial charge in [0.2, 0.25) is 12.0 Å². The molecule has 12 heteroatoms. The molecule has 0 saturated heterocycles. The summed E-state index contributed by atoms with van der Waals surface area (Å²) >= 11 is 5.54. The molecule has 1 heterocycles. The van der Waals surface area contributed by atoms with E-state index in [1.165, 1.54) is 13.1 Å². The van der Waals surface area contributed by atoms with E-state index in [4.69, 9.17) is 25.8 Å². The average Bonchev–Trinajstić information content (AvgIpc) is 2.77. The van der Waals surface area contributed by atoms with Gasteiger partial charge in [-0.05, 0) is 30.3 Å². The zero-order valence-electron chi connectivity index (χ0n) is 17.1. The second kappa shape index (κ2) is 9.99. The molecule has 1 aliphatic heterocycles. The zero-order valence-corrected chi connectivity index (χ0v) is 17.9. The molecule has 176 valence electrons. The van der Waals surface area contributed by atoms with Gasteiger partial charge in [-0.1, -0.05) is 23.7 Å². The van der Waals surface area contributed by atoms with E-state index in [2.05, 4.69) is 5.32 Å². The van der Waals surface area contributed by atoms with Gasteiger partial charge in [-0.25, -0.2) is 4.79 Å². The molecule has 0 fully saturated rings. The molecule has 3 rings (SSSR count). The summed E-state index contributed by atoms with van der Waals surface area (Å²) in [6.45, 7) is -1.25. The normalized spacial score (nSPS) is 14.9. The smallest absolute Gasteiger partial charge is 0.417 e. The van der Waals surface area contributed by atoms with Gasteiger partial charge in [-0.2, -0.15) is 13.2 Å². The maximum Gasteiger partial charge on any atom is 0.417 e. The van der Waals surface area contributed by atoms with Gasteiger partial charge in [0, 0.05) is 12.7 Å². The van der Waals surface area contributed by atoms with Crippen LogP contribution in [0, 0.1) is 0 Å². The van der Waals surface area contributed by atoms with Crippen molar-refractivity contribution in [2.24, 2.45) is 0 Å². The zero-order chi connectivity index (χ0) is 24.2. The number of nitrogens with one attached hydrogen (secondary N) is 1. The maximum atomic E-state index is 12.9. The van der Waals surface area contributed by atoms with E-state index in [-0.39, 0.29) is 12.3 Å². The predicted molar refractivity (Wildman–Crippen MR) is 110 cm³/mol. The minimum Gasteiger partial charge on any atom is -0.485 e. The highest BCUT2D eigenvalue weighted by Crippen LogP contribution is 2.36. The monoisotopic (exact) mass is 486 g/mol. The van der Waals surface area contributed by atoms with Crippen molar-refractivity contribution in [1.29, 1.82) is 0 Å². The Morgan fingerprint density at radius 1 is 1.18 bits per heavy atom. The van der Waals surface area contributed by atoms with Crippen molar-refractivity contribution >= 4 is 35.1 Å². The number of hydrogen-bond acceptors (Lipinski definition) is 6. The van der Waals surface area contributed by atoms with Crippen LogP contribution in [0.5, 0.6) is 11.5 Å². The first-order chi connectivity index (χ1) is 15.5. The molecule has 0 spiro atoms. The number of fused-ring (bicyclic) bond motifs is 1. The number of alkyl halides is 3. The molecular formula is C21H18ClF3N2O6. The fraction of sp³-hybridized carbons (Fsp3) is 0.286. The first kappa shape index (κ1) is 24.2. The molecule has 1 aliphatic rings. The summed E-state index contributed by atoms with van der Waals surface area (Å²) in [5.41, 5.74) is -1.24. The molecule has 0 radical (unpaired) electrons. The first-order valence-electron chi connectivity index (χ1n) is 9.50. The average molecular weight is 487 g/mol. The van der Waals surface area contributed by atoms with Crippen LogP contribution in [0.15, 0.2) is 42.5 Å². The summed E-state index contributed by atoms with van der Waals surface area (Å²) in [5.74, 6) is -1.44. The SMILES string of the molecule is CN(CC(=O)Nc1ccc(Cl)c(C(F)(F)F)c1)C(=O)COC(=O)C1COc2ccccc2O1. The van der Waals surface area contributed by atoms with E-state index in [0.29, 0.717) is 17.6 Å². The van der Waals surface area contributed by atoms with Crippen LogP contribution in [0.25, 0.3) is 0 Å². The molecule has 1 N–H and O–H groups in total. The molecule has 1 unspecified atom stereocenters. The van der Waals surface area contributed by atoms with E-state index in [1.807, 2.05) is 0 Å². The number of amides is 2. The molecule has 1 atom stereocenters. The Kier molecular flexibility index (Phi) is 7.32. The van der Waals surface area contributed by atoms with Gasteiger partial charge in [0.05, 0.1) is 17.1 Å². The van der Waals surface area contributed by atoms with Gasteiger partial charge in [-0.3, -0.25) is 9.59 Å². The van der Waals surface area contributed by atoms with E-state index in [0.717, 1.165) is 11.0 Å². The first-order valence-corrected chi connectivity index (χ1v) is 9.88. The van der Waals surface area contributed by atoms with Gasteiger partial charge < -0.3 is 24.4 Å². The third-order valence-corrected chi connectivity index (χ3v) is 4.80. The lowest BCUT2D eigenvalue weighted by Gasteiger charge is -2.25. The van der Waals surface area contributed by atoms with Crippen molar-refractivity contribution in [3.05, 3.63) is 53.1 Å². The number of carbonyl (C=O) groups is 3. The number of benzene rings is 2. The fourth-order valence-corrected chi connectivity index (χ4v) is 3.02. The van der Waals surface area contributed by atoms with Gasteiger partial charge in [0.25, 0.3) is 5.91 Å². The van der Waals surface area contributed by atoms with E-state index >= 15 is 0 Å². The van der Waals surface area contributed by atoms with Gasteiger partial charge in [0.15, 0.2) is 18.1 Å². The number of ether oxygens (including phenoxy) is 3. The number of para-hydroxylation sites is 2. The standard InChI is InChI=1S/C21H18ClF3N2O6/c1-27(9-18(28)26-12-6-7-14(22)13(8-12)21(23,24)25)19(29)11-32-20(30)17-10-31-15-4-2-3-5-16(15)33-17/h2-8,17H,9-11H2,1H3,(H,26,28). The Morgan fingerprint density at radius 3 is 2.58 bits per heavy atom. The lowest BCUT2D eigenvalue weighted by atomic mass is 10.2. The van der Waals surface area contributed by atoms with Crippen LogP contribution in [-0.2, 0) is 25.3 Å². The quantitative estimate of drug-likeness (QED) is 0.630. The molecule has 2 aromatic carbocycles. The van der Waals surface area contributed by atoms with E-state index in [9.17, 15) is 27.6 Å². The summed E-state index contributed by atoms with van der Waals surface area (Å²) in [4.78, 5) is 37.4. The molecular weight excluding hydrogens is 469 g/mol. The largest absolute Gasteiger partial charge is 0.485 e. The van der Waals surface area contributed by atoms with Gasteiger partial charge in [-0.15, -0.1) is 0 Å². The highest BCUT2D eigenvalue weighted by atomic mass is 35.5. The number of likely N-dealkylation sites (N-methyl/N-ethyl adjacent to an activating group) is 1. The molecule has 0 aliphatic carbocycles. The fourth-order valence-electron chi connectivity index (χ4n) is 2.80. The third kappa shape index (κ3) is 6.28. The maximum absolute atomic E-state index is 12.9. The Morgan fingerprint density at radius 2 is 1.88 bits per heavy atom. The number of halogens is 4. The summed E-state index contributed by atoms with van der Waals surface area (Å²) in [7, 11) is 1.27. The summed E-state index contributed by atoms with van der Waals surface area (Å²) in [6.07, 6.45) is -5.75. The minimum atomic E-state index is -4.69. The van der Waals surface area contributed by atoms with Crippen LogP contribution in [0.3, 0.4) is 0 Å². The molecule has 2 amide bonds. The van der Waals surface area contributed by atoms with E-state index in [1.54, 1.807) is 24.3 Å². The van der Waals surface area contributed by atoms with Crippen LogP contribution in [0.2, 0.25) is 5.02 Å². The third-order valence-electron chi connectivity index (χ3n) is 4.47. The topological polar surface area (TPSA) is 94.2 Å². The summed E-state index contributed by atoms with van der Waals surface area (Å²) in [5, 5.41) is 1.75. The number of anilines is 1. The van der Waals surface area contributed by atoms with Crippen LogP contribution in [0.1, 0.15) is 5.56 Å². The molecule has 0 saturated carbocycles. The van der Waals surface area contributed by atoms with Crippen LogP contribution in [-0.4, -0.2) is 55.6 Å². The molecule has 33 heavy (non-hydrogen) atoms. The summed E-state index contributed by atoms with van der Waals surface area (Å²) < 4.78 is 54.6. The summed E-state index contributed by atoms with van der Waals surface area (Å²) in [6, 6.07) is 9.63. The van der Waals surface area contributed by atoms with Crippen molar-refractivity contribution in [1.82, 2.24) is 4.90 Å². The van der Waals surface area contributed by atoms with Gasteiger partial charge >= 0.3 is 12.1 Å². The van der Waals surface area contributed by atoms with E-state index < -0.39 is 53.8 Å². The van der Waals surface area contributed by atoms with Crippen LogP contribution >= 0.6 is 11.6 Å². The lowest BCUT2D eigenvalue weighted by Crippen LogP contribution is -2.41. The molecule has 0 aromatic heterocycles. The van der Waals surface area contributed by atoms with Crippen LogP contribution in [0.4, 0.5) is 18.9 Å². The number of nitrogens with zero attached hydrogens (tertiary/aromatic N) is 1. The van der Waals surface area contributed by atoms with Crippen molar-refractivity contribution in [3.8, 4) is 11.5 Å². The molecule has 8 nitrogen and oxygen atoms in total. The van der Waals surface area contributed by atoms with Gasteiger partial charge in [0.1, 0.15) is 6.61 Å². The molecule has 2 aromatic rings. The van der Waals surface area contributed by atoms with Crippen molar-refractivity contribution in [2.45, 2.75) is 12.3 Å². The number of rotatable bonds is 6. The Bertz CT molecular complexity index is 1060. The number of carbonyl (C=O) groups excluding carboxylic acids is 3. The molecule has 0 bridgehead atoms. The highest BCUT2D eigenvalue weighted by molar-refractivity contribution is 6.31. The second-order valence-corrected chi connectivity index (χ2v) is 7.37.